The topological polar surface area (TPSA) is 63.8 Å². The second-order valence-corrected chi connectivity index (χ2v) is 3.90. The van der Waals surface area contributed by atoms with Crippen LogP contribution in [0.3, 0.4) is 0 Å². The number of benzene rings is 1. The molecule has 19 heavy (non-hydrogen) atoms. The largest absolute Gasteiger partial charge is 0.416 e. The normalized spacial score (nSPS) is 13.3. The fourth-order valence-corrected chi connectivity index (χ4v) is 1.75. The van der Waals surface area contributed by atoms with Gasteiger partial charge < -0.3 is 0 Å². The second kappa shape index (κ2) is 5.33. The number of nitrogens with two attached hydrogens (primary N) is 1. The lowest BCUT2D eigenvalue weighted by Crippen LogP contribution is -2.29. The number of nitrogens with one attached hydrogen (secondary N) is 1. The highest BCUT2D eigenvalue weighted by molar-refractivity contribution is 5.33. The van der Waals surface area contributed by atoms with E-state index in [9.17, 15) is 13.2 Å². The number of rotatable bonds is 3. The van der Waals surface area contributed by atoms with Crippen LogP contribution in [0.2, 0.25) is 0 Å². The van der Waals surface area contributed by atoms with Gasteiger partial charge in [-0.05, 0) is 29.3 Å². The van der Waals surface area contributed by atoms with Crippen molar-refractivity contribution in [3.05, 3.63) is 59.4 Å². The third-order valence-corrected chi connectivity index (χ3v) is 2.65. The first-order valence-electron chi connectivity index (χ1n) is 5.42. The summed E-state index contributed by atoms with van der Waals surface area (Å²) in [6.07, 6.45) is -1.48. The molecule has 1 aromatic carbocycles. The maximum absolute atomic E-state index is 12.7. The molecule has 100 valence electrons. The highest BCUT2D eigenvalue weighted by Crippen LogP contribution is 2.31. The monoisotopic (exact) mass is 268 g/mol. The molecule has 0 amide bonds. The summed E-state index contributed by atoms with van der Waals surface area (Å²) in [5, 5.41) is 7.30. The van der Waals surface area contributed by atoms with E-state index in [1.54, 1.807) is 12.1 Å². The number of alkyl halides is 3. The van der Waals surface area contributed by atoms with Crippen LogP contribution >= 0.6 is 0 Å². The van der Waals surface area contributed by atoms with E-state index in [0.717, 1.165) is 12.1 Å². The fraction of sp³-hybridized carbons (Fsp3) is 0.167. The Labute approximate surface area is 107 Å². The van der Waals surface area contributed by atoms with Gasteiger partial charge in [-0.3, -0.25) is 5.84 Å². The van der Waals surface area contributed by atoms with Gasteiger partial charge in [-0.15, -0.1) is 0 Å². The predicted molar refractivity (Wildman–Crippen MR) is 62.6 cm³/mol. The molecular weight excluding hydrogens is 257 g/mol. The number of hydrazine groups is 1. The first-order valence-corrected chi connectivity index (χ1v) is 5.42. The lowest BCUT2D eigenvalue weighted by Gasteiger charge is -2.17. The van der Waals surface area contributed by atoms with Crippen LogP contribution in [0.25, 0.3) is 0 Å². The van der Waals surface area contributed by atoms with Crippen LogP contribution in [0.4, 0.5) is 13.2 Å². The van der Waals surface area contributed by atoms with Gasteiger partial charge in [0.05, 0.1) is 17.8 Å². The summed E-state index contributed by atoms with van der Waals surface area (Å²) in [7, 11) is 0. The van der Waals surface area contributed by atoms with Crippen LogP contribution in [0.5, 0.6) is 0 Å². The first-order chi connectivity index (χ1) is 9.02. The van der Waals surface area contributed by atoms with E-state index in [4.69, 9.17) is 5.84 Å². The standard InChI is InChI=1S/C12H11F3N4/c13-12(14,15)10-3-1-2-8(6-10)11(19-16)9-4-5-17-18-7-9/h1-7,11,19H,16H2. The molecule has 0 fully saturated rings. The van der Waals surface area contributed by atoms with E-state index in [1.807, 2.05) is 0 Å². The zero-order chi connectivity index (χ0) is 13.9. The lowest BCUT2D eigenvalue weighted by molar-refractivity contribution is -0.137. The average Bonchev–Trinajstić information content (AvgIpc) is 2.40. The molecule has 1 atom stereocenters. The Bertz CT molecular complexity index is 542. The van der Waals surface area contributed by atoms with Crippen molar-refractivity contribution in [1.82, 2.24) is 15.6 Å². The van der Waals surface area contributed by atoms with Crippen LogP contribution in [-0.2, 0) is 6.18 Å². The lowest BCUT2D eigenvalue weighted by atomic mass is 9.99. The Morgan fingerprint density at radius 2 is 1.89 bits per heavy atom. The summed E-state index contributed by atoms with van der Waals surface area (Å²) >= 11 is 0. The Balaban J connectivity index is 2.40. The SMILES string of the molecule is NNC(c1ccnnc1)c1cccc(C(F)(F)F)c1. The van der Waals surface area contributed by atoms with Gasteiger partial charge in [-0.1, -0.05) is 12.1 Å². The molecule has 0 aliphatic rings. The van der Waals surface area contributed by atoms with Crippen LogP contribution in [0.15, 0.2) is 42.7 Å². The van der Waals surface area contributed by atoms with E-state index in [2.05, 4.69) is 15.6 Å². The van der Waals surface area contributed by atoms with Crippen molar-refractivity contribution in [2.75, 3.05) is 0 Å². The highest BCUT2D eigenvalue weighted by atomic mass is 19.4. The van der Waals surface area contributed by atoms with Gasteiger partial charge in [0.2, 0.25) is 0 Å². The van der Waals surface area contributed by atoms with Crippen molar-refractivity contribution in [2.45, 2.75) is 12.2 Å². The minimum absolute atomic E-state index is 0.408. The summed E-state index contributed by atoms with van der Waals surface area (Å²) < 4.78 is 38.0. The predicted octanol–water partition coefficient (Wildman–Crippen LogP) is 2.05. The molecule has 1 aromatic heterocycles. The zero-order valence-corrected chi connectivity index (χ0v) is 9.72. The van der Waals surface area contributed by atoms with Gasteiger partial charge in [0.25, 0.3) is 0 Å². The molecule has 1 heterocycles. The van der Waals surface area contributed by atoms with Gasteiger partial charge in [-0.25, -0.2) is 5.43 Å². The molecule has 0 aliphatic heterocycles. The molecule has 4 nitrogen and oxygen atoms in total. The maximum Gasteiger partial charge on any atom is 0.416 e. The number of aromatic nitrogens is 2. The summed E-state index contributed by atoms with van der Waals surface area (Å²) in [4.78, 5) is 0. The van der Waals surface area contributed by atoms with Gasteiger partial charge in [-0.2, -0.15) is 23.4 Å². The van der Waals surface area contributed by atoms with Crippen LogP contribution < -0.4 is 11.3 Å². The minimum Gasteiger partial charge on any atom is -0.271 e. The molecule has 0 bridgehead atoms. The van der Waals surface area contributed by atoms with E-state index in [-0.39, 0.29) is 0 Å². The number of halogens is 3. The van der Waals surface area contributed by atoms with E-state index >= 15 is 0 Å². The molecule has 0 aliphatic carbocycles. The van der Waals surface area contributed by atoms with Gasteiger partial charge >= 0.3 is 6.18 Å². The third-order valence-electron chi connectivity index (χ3n) is 2.65. The molecule has 3 N–H and O–H groups in total. The zero-order valence-electron chi connectivity index (χ0n) is 9.72. The highest BCUT2D eigenvalue weighted by Gasteiger charge is 2.31. The van der Waals surface area contributed by atoms with Crippen molar-refractivity contribution in [2.24, 2.45) is 5.84 Å². The smallest absolute Gasteiger partial charge is 0.271 e. The van der Waals surface area contributed by atoms with Crippen LogP contribution in [-0.4, -0.2) is 10.2 Å². The summed E-state index contributed by atoms with van der Waals surface area (Å²) in [6.45, 7) is 0. The molecule has 2 aromatic rings. The van der Waals surface area contributed by atoms with Gasteiger partial charge in [0.1, 0.15) is 0 Å². The first kappa shape index (κ1) is 13.4. The number of hydrogen-bond acceptors (Lipinski definition) is 4. The molecule has 0 saturated carbocycles. The van der Waals surface area contributed by atoms with E-state index in [1.165, 1.54) is 18.5 Å². The Kier molecular flexibility index (Phi) is 3.77. The second-order valence-electron chi connectivity index (χ2n) is 3.90. The summed E-state index contributed by atoms with van der Waals surface area (Å²) in [6, 6.07) is 6.06. The maximum atomic E-state index is 12.7. The molecule has 0 saturated heterocycles. The molecule has 2 rings (SSSR count). The van der Waals surface area contributed by atoms with E-state index < -0.39 is 17.8 Å². The number of nitrogens with zero attached hydrogens (tertiary/aromatic N) is 2. The van der Waals surface area contributed by atoms with Crippen molar-refractivity contribution in [3.63, 3.8) is 0 Å². The van der Waals surface area contributed by atoms with Crippen LogP contribution in [0.1, 0.15) is 22.7 Å². The fourth-order valence-electron chi connectivity index (χ4n) is 1.75. The van der Waals surface area contributed by atoms with Crippen molar-refractivity contribution in [3.8, 4) is 0 Å². The van der Waals surface area contributed by atoms with Crippen LogP contribution in [0, 0.1) is 0 Å². The Hall–Kier alpha value is -1.99. The molecule has 0 spiro atoms. The number of hydrogen-bond donors (Lipinski definition) is 2. The van der Waals surface area contributed by atoms with Gasteiger partial charge in [0, 0.05) is 6.20 Å². The molecular formula is C12H11F3N4. The summed E-state index contributed by atoms with van der Waals surface area (Å²) in [5.41, 5.74) is 2.81. The average molecular weight is 268 g/mol. The third kappa shape index (κ3) is 3.07. The quantitative estimate of drug-likeness (QED) is 0.660. The van der Waals surface area contributed by atoms with E-state index in [0.29, 0.717) is 11.1 Å². The molecule has 0 radical (unpaired) electrons. The Morgan fingerprint density at radius 3 is 2.47 bits per heavy atom. The van der Waals surface area contributed by atoms with Crippen molar-refractivity contribution in [1.29, 1.82) is 0 Å². The minimum atomic E-state index is -4.38. The van der Waals surface area contributed by atoms with Crippen molar-refractivity contribution < 1.29 is 13.2 Å². The molecule has 1 unspecified atom stereocenters. The van der Waals surface area contributed by atoms with Gasteiger partial charge in [0.15, 0.2) is 0 Å². The molecule has 7 heteroatoms. The Morgan fingerprint density at radius 1 is 1.11 bits per heavy atom. The summed E-state index contributed by atoms with van der Waals surface area (Å²) in [5.74, 6) is 5.42. The van der Waals surface area contributed by atoms with Crippen molar-refractivity contribution >= 4 is 0 Å².